The van der Waals surface area contributed by atoms with Crippen LogP contribution in [0.15, 0.2) is 0 Å². The molecule has 2 aliphatic rings. The maximum atomic E-state index is 9.62. The van der Waals surface area contributed by atoms with Crippen LogP contribution in [0.4, 0.5) is 0 Å². The second-order valence-corrected chi connectivity index (χ2v) is 6.00. The van der Waals surface area contributed by atoms with Crippen LogP contribution in [-0.2, 0) is 0 Å². The Bertz CT molecular complexity index is 240. The summed E-state index contributed by atoms with van der Waals surface area (Å²) >= 11 is 0. The van der Waals surface area contributed by atoms with Crippen molar-refractivity contribution in [1.29, 1.82) is 0 Å². The van der Waals surface area contributed by atoms with Gasteiger partial charge in [-0.3, -0.25) is 0 Å². The number of hydrogen-bond donors (Lipinski definition) is 2. The van der Waals surface area contributed by atoms with Crippen LogP contribution in [0.25, 0.3) is 0 Å². The molecule has 1 aliphatic heterocycles. The molecule has 2 N–H and O–H groups in total. The molecule has 1 aliphatic carbocycles. The molecule has 0 amide bonds. The molecule has 0 bridgehead atoms. The average Bonchev–Trinajstić information content (AvgIpc) is 2.87. The highest BCUT2D eigenvalue weighted by Gasteiger charge is 2.38. The third kappa shape index (κ3) is 2.83. The summed E-state index contributed by atoms with van der Waals surface area (Å²) in [5.74, 6) is 0.912. The van der Waals surface area contributed by atoms with E-state index in [2.05, 4.69) is 17.1 Å². The van der Waals surface area contributed by atoms with Crippen LogP contribution in [-0.4, -0.2) is 48.3 Å². The largest absolute Gasteiger partial charge is 0.394 e. The van der Waals surface area contributed by atoms with Crippen molar-refractivity contribution in [1.82, 2.24) is 10.2 Å². The Labute approximate surface area is 106 Å². The number of likely N-dealkylation sites (tertiary alicyclic amines) is 1. The fraction of sp³-hybridized carbons (Fsp3) is 1.00. The lowest BCUT2D eigenvalue weighted by Crippen LogP contribution is -2.54. The van der Waals surface area contributed by atoms with Crippen molar-refractivity contribution in [3.63, 3.8) is 0 Å². The molecule has 17 heavy (non-hydrogen) atoms. The first-order chi connectivity index (χ1) is 8.23. The Hall–Kier alpha value is -0.120. The second-order valence-electron chi connectivity index (χ2n) is 6.00. The van der Waals surface area contributed by atoms with Gasteiger partial charge in [0.2, 0.25) is 0 Å². The highest BCUT2D eigenvalue weighted by atomic mass is 16.3. The van der Waals surface area contributed by atoms with Gasteiger partial charge < -0.3 is 15.3 Å². The smallest absolute Gasteiger partial charge is 0.0613 e. The van der Waals surface area contributed by atoms with Crippen LogP contribution in [0.3, 0.4) is 0 Å². The van der Waals surface area contributed by atoms with E-state index in [4.69, 9.17) is 0 Å². The minimum absolute atomic E-state index is 0.00673. The van der Waals surface area contributed by atoms with Gasteiger partial charge in [-0.15, -0.1) is 0 Å². The predicted molar refractivity (Wildman–Crippen MR) is 71.1 cm³/mol. The zero-order valence-electron chi connectivity index (χ0n) is 11.4. The highest BCUT2D eigenvalue weighted by molar-refractivity contribution is 4.96. The summed E-state index contributed by atoms with van der Waals surface area (Å²) in [6.07, 6.45) is 7.51. The standard InChI is InChI=1S/C14H28N2O/c1-3-12-6-8-16(10-12)13-5-4-7-14(9-13,11-17)15-2/h12-13,15,17H,3-11H2,1-2H3. The maximum absolute atomic E-state index is 9.62. The summed E-state index contributed by atoms with van der Waals surface area (Å²) in [7, 11) is 2.00. The van der Waals surface area contributed by atoms with Crippen molar-refractivity contribution in [3.05, 3.63) is 0 Å². The maximum Gasteiger partial charge on any atom is 0.0613 e. The van der Waals surface area contributed by atoms with Gasteiger partial charge in [0, 0.05) is 18.1 Å². The van der Waals surface area contributed by atoms with Gasteiger partial charge in [0.1, 0.15) is 0 Å². The van der Waals surface area contributed by atoms with Crippen molar-refractivity contribution < 1.29 is 5.11 Å². The van der Waals surface area contributed by atoms with Crippen LogP contribution >= 0.6 is 0 Å². The van der Waals surface area contributed by atoms with Gasteiger partial charge in [-0.1, -0.05) is 13.3 Å². The molecule has 1 heterocycles. The minimum atomic E-state index is -0.00673. The van der Waals surface area contributed by atoms with Gasteiger partial charge in [0.15, 0.2) is 0 Å². The zero-order chi connectivity index (χ0) is 12.3. The first kappa shape index (κ1) is 13.3. The van der Waals surface area contributed by atoms with Crippen LogP contribution in [0, 0.1) is 5.92 Å². The lowest BCUT2D eigenvalue weighted by atomic mass is 9.79. The van der Waals surface area contributed by atoms with E-state index in [0.717, 1.165) is 18.8 Å². The molecule has 0 spiro atoms. The normalized spacial score (nSPS) is 39.7. The molecule has 0 aromatic carbocycles. The Morgan fingerprint density at radius 1 is 1.41 bits per heavy atom. The van der Waals surface area contributed by atoms with Crippen LogP contribution in [0.5, 0.6) is 0 Å². The first-order valence-corrected chi connectivity index (χ1v) is 7.27. The van der Waals surface area contributed by atoms with E-state index in [9.17, 15) is 5.11 Å². The van der Waals surface area contributed by atoms with Crippen LogP contribution in [0.1, 0.15) is 45.4 Å². The summed E-state index contributed by atoms with van der Waals surface area (Å²) in [4.78, 5) is 2.68. The molecule has 2 fully saturated rings. The SMILES string of the molecule is CCC1CCN(C2CCCC(CO)(NC)C2)C1. The monoisotopic (exact) mass is 240 g/mol. The van der Waals surface area contributed by atoms with E-state index >= 15 is 0 Å². The molecule has 3 heteroatoms. The molecule has 3 atom stereocenters. The third-order valence-corrected chi connectivity index (χ3v) is 5.06. The number of nitrogens with one attached hydrogen (secondary N) is 1. The van der Waals surface area contributed by atoms with Crippen molar-refractivity contribution in [3.8, 4) is 0 Å². The Morgan fingerprint density at radius 2 is 2.24 bits per heavy atom. The van der Waals surface area contributed by atoms with E-state index in [-0.39, 0.29) is 12.1 Å². The summed E-state index contributed by atoms with van der Waals surface area (Å²) < 4.78 is 0. The molecule has 3 unspecified atom stereocenters. The van der Waals surface area contributed by atoms with E-state index in [1.807, 2.05) is 7.05 Å². The Morgan fingerprint density at radius 3 is 2.82 bits per heavy atom. The van der Waals surface area contributed by atoms with E-state index in [0.29, 0.717) is 6.04 Å². The summed E-state index contributed by atoms with van der Waals surface area (Å²) in [6, 6.07) is 0.694. The molecule has 100 valence electrons. The van der Waals surface area contributed by atoms with Crippen LogP contribution in [0.2, 0.25) is 0 Å². The Balaban J connectivity index is 1.93. The number of nitrogens with zero attached hydrogens (tertiary/aromatic N) is 1. The molecule has 1 saturated heterocycles. The topological polar surface area (TPSA) is 35.5 Å². The minimum Gasteiger partial charge on any atom is -0.394 e. The third-order valence-electron chi connectivity index (χ3n) is 5.06. The molecular weight excluding hydrogens is 212 g/mol. The summed E-state index contributed by atoms with van der Waals surface area (Å²) in [5.41, 5.74) is -0.00673. The van der Waals surface area contributed by atoms with Crippen molar-refractivity contribution in [2.75, 3.05) is 26.7 Å². The second kappa shape index (κ2) is 5.68. The van der Waals surface area contributed by atoms with Gasteiger partial charge in [0.25, 0.3) is 0 Å². The van der Waals surface area contributed by atoms with E-state index in [1.54, 1.807) is 0 Å². The van der Waals surface area contributed by atoms with Gasteiger partial charge in [-0.25, -0.2) is 0 Å². The quantitative estimate of drug-likeness (QED) is 0.784. The van der Waals surface area contributed by atoms with Crippen molar-refractivity contribution in [2.45, 2.75) is 57.0 Å². The van der Waals surface area contributed by atoms with Gasteiger partial charge in [-0.2, -0.15) is 0 Å². The first-order valence-electron chi connectivity index (χ1n) is 7.27. The number of aliphatic hydroxyl groups is 1. The van der Waals surface area contributed by atoms with Crippen LogP contribution < -0.4 is 5.32 Å². The fourth-order valence-electron chi connectivity index (χ4n) is 3.62. The lowest BCUT2D eigenvalue weighted by Gasteiger charge is -2.43. The molecule has 0 radical (unpaired) electrons. The van der Waals surface area contributed by atoms with Gasteiger partial charge in [0.05, 0.1) is 6.61 Å². The van der Waals surface area contributed by atoms with Gasteiger partial charge in [-0.05, 0) is 51.6 Å². The van der Waals surface area contributed by atoms with Gasteiger partial charge >= 0.3 is 0 Å². The van der Waals surface area contributed by atoms with E-state index < -0.39 is 0 Å². The molecule has 0 aromatic heterocycles. The zero-order valence-corrected chi connectivity index (χ0v) is 11.4. The number of hydrogen-bond acceptors (Lipinski definition) is 3. The summed E-state index contributed by atoms with van der Waals surface area (Å²) in [6.45, 7) is 5.15. The van der Waals surface area contributed by atoms with Crippen molar-refractivity contribution in [2.24, 2.45) is 5.92 Å². The number of rotatable bonds is 4. The van der Waals surface area contributed by atoms with E-state index in [1.165, 1.54) is 38.8 Å². The average molecular weight is 240 g/mol. The summed E-state index contributed by atoms with van der Waals surface area (Å²) in [5, 5.41) is 13.0. The lowest BCUT2D eigenvalue weighted by molar-refractivity contribution is 0.0724. The predicted octanol–water partition coefficient (Wildman–Crippen LogP) is 1.61. The molecule has 0 aromatic rings. The van der Waals surface area contributed by atoms with Crippen molar-refractivity contribution >= 4 is 0 Å². The molecule has 1 saturated carbocycles. The molecule has 2 rings (SSSR count). The fourth-order valence-corrected chi connectivity index (χ4v) is 3.62. The number of aliphatic hydroxyl groups excluding tert-OH is 1. The molecular formula is C14H28N2O. The Kier molecular flexibility index (Phi) is 4.45. The number of likely N-dealkylation sites (N-methyl/N-ethyl adjacent to an activating group) is 1. The molecule has 3 nitrogen and oxygen atoms in total. The highest BCUT2D eigenvalue weighted by Crippen LogP contribution is 2.33.